The standard InChI is InChI=1S/C10H23NOS/c1-4-9(3)8-13(12)10(5-2)6-7-11/h9-10H,4-8,11H2,1-3H3. The molecule has 0 amide bonds. The summed E-state index contributed by atoms with van der Waals surface area (Å²) in [6.07, 6.45) is 3.00. The molecular formula is C10H23NOS. The van der Waals surface area contributed by atoms with Crippen LogP contribution in [-0.4, -0.2) is 21.8 Å². The van der Waals surface area contributed by atoms with E-state index in [0.29, 0.717) is 17.7 Å². The zero-order valence-electron chi connectivity index (χ0n) is 9.08. The van der Waals surface area contributed by atoms with E-state index in [-0.39, 0.29) is 0 Å². The van der Waals surface area contributed by atoms with Gasteiger partial charge in [0, 0.05) is 21.8 Å². The minimum atomic E-state index is -0.668. The molecule has 0 aromatic carbocycles. The molecule has 3 atom stereocenters. The van der Waals surface area contributed by atoms with Gasteiger partial charge in [-0.3, -0.25) is 4.21 Å². The van der Waals surface area contributed by atoms with Crippen LogP contribution in [0.2, 0.25) is 0 Å². The third-order valence-electron chi connectivity index (χ3n) is 2.46. The number of hydrogen-bond acceptors (Lipinski definition) is 2. The highest BCUT2D eigenvalue weighted by Crippen LogP contribution is 2.11. The van der Waals surface area contributed by atoms with E-state index in [2.05, 4.69) is 20.8 Å². The van der Waals surface area contributed by atoms with Crippen molar-refractivity contribution in [1.29, 1.82) is 0 Å². The van der Waals surface area contributed by atoms with Gasteiger partial charge in [0.05, 0.1) is 0 Å². The Balaban J connectivity index is 3.90. The van der Waals surface area contributed by atoms with Crippen molar-refractivity contribution in [1.82, 2.24) is 0 Å². The molecule has 0 spiro atoms. The molecule has 0 aliphatic rings. The van der Waals surface area contributed by atoms with Gasteiger partial charge in [0.25, 0.3) is 0 Å². The minimum Gasteiger partial charge on any atom is -0.330 e. The van der Waals surface area contributed by atoms with Crippen molar-refractivity contribution in [3.05, 3.63) is 0 Å². The SMILES string of the molecule is CCC(C)CS(=O)C(CC)CCN. The number of hydrogen-bond donors (Lipinski definition) is 1. The fraction of sp³-hybridized carbons (Fsp3) is 1.00. The van der Waals surface area contributed by atoms with E-state index < -0.39 is 10.8 Å². The lowest BCUT2D eigenvalue weighted by molar-refractivity contribution is 0.601. The zero-order chi connectivity index (χ0) is 10.3. The first-order chi connectivity index (χ1) is 6.15. The van der Waals surface area contributed by atoms with Crippen molar-refractivity contribution in [2.75, 3.05) is 12.3 Å². The third kappa shape index (κ3) is 5.42. The van der Waals surface area contributed by atoms with Gasteiger partial charge in [-0.2, -0.15) is 0 Å². The average molecular weight is 205 g/mol. The molecule has 2 N–H and O–H groups in total. The molecule has 0 aromatic rings. The van der Waals surface area contributed by atoms with Gasteiger partial charge in [0.2, 0.25) is 0 Å². The molecule has 80 valence electrons. The first-order valence-corrected chi connectivity index (χ1v) is 6.61. The van der Waals surface area contributed by atoms with Gasteiger partial charge in [-0.15, -0.1) is 0 Å². The van der Waals surface area contributed by atoms with Crippen LogP contribution in [0.15, 0.2) is 0 Å². The van der Waals surface area contributed by atoms with E-state index in [0.717, 1.165) is 25.0 Å². The van der Waals surface area contributed by atoms with Crippen LogP contribution in [-0.2, 0) is 10.8 Å². The molecule has 0 rings (SSSR count). The molecule has 3 heteroatoms. The lowest BCUT2D eigenvalue weighted by Crippen LogP contribution is -2.23. The van der Waals surface area contributed by atoms with Crippen LogP contribution in [0.5, 0.6) is 0 Å². The maximum atomic E-state index is 11.8. The summed E-state index contributed by atoms with van der Waals surface area (Å²) in [5, 5.41) is 0.319. The van der Waals surface area contributed by atoms with E-state index in [9.17, 15) is 4.21 Å². The molecule has 0 aromatic heterocycles. The Morgan fingerprint density at radius 2 is 1.92 bits per heavy atom. The summed E-state index contributed by atoms with van der Waals surface area (Å²) in [4.78, 5) is 0. The fourth-order valence-corrected chi connectivity index (χ4v) is 3.08. The Labute approximate surface area is 84.7 Å². The van der Waals surface area contributed by atoms with Crippen LogP contribution >= 0.6 is 0 Å². The summed E-state index contributed by atoms with van der Waals surface area (Å²) >= 11 is 0. The normalized spacial score (nSPS) is 18.2. The Morgan fingerprint density at radius 3 is 2.31 bits per heavy atom. The van der Waals surface area contributed by atoms with Crippen LogP contribution in [0.4, 0.5) is 0 Å². The maximum absolute atomic E-state index is 11.8. The van der Waals surface area contributed by atoms with Gasteiger partial charge in [-0.05, 0) is 25.3 Å². The molecular weight excluding hydrogens is 182 g/mol. The van der Waals surface area contributed by atoms with Gasteiger partial charge in [0.15, 0.2) is 0 Å². The predicted molar refractivity (Wildman–Crippen MR) is 60.2 cm³/mol. The summed E-state index contributed by atoms with van der Waals surface area (Å²) in [5.41, 5.74) is 5.47. The van der Waals surface area contributed by atoms with Crippen molar-refractivity contribution in [2.24, 2.45) is 11.7 Å². The maximum Gasteiger partial charge on any atom is 0.0357 e. The highest BCUT2D eigenvalue weighted by atomic mass is 32.2. The van der Waals surface area contributed by atoms with Crippen LogP contribution < -0.4 is 5.73 Å². The molecule has 13 heavy (non-hydrogen) atoms. The fourth-order valence-electron chi connectivity index (χ4n) is 1.24. The Hall–Kier alpha value is 0.110. The second kappa shape index (κ2) is 7.51. The number of nitrogens with two attached hydrogens (primary N) is 1. The van der Waals surface area contributed by atoms with E-state index >= 15 is 0 Å². The lowest BCUT2D eigenvalue weighted by atomic mass is 10.2. The molecule has 0 radical (unpaired) electrons. The minimum absolute atomic E-state index is 0.319. The average Bonchev–Trinajstić information content (AvgIpc) is 2.13. The first kappa shape index (κ1) is 13.1. The molecule has 2 nitrogen and oxygen atoms in total. The smallest absolute Gasteiger partial charge is 0.0357 e. The highest BCUT2D eigenvalue weighted by Gasteiger charge is 2.15. The molecule has 0 bridgehead atoms. The lowest BCUT2D eigenvalue weighted by Gasteiger charge is -2.15. The Morgan fingerprint density at radius 1 is 1.31 bits per heavy atom. The summed E-state index contributed by atoms with van der Waals surface area (Å²) in [5.74, 6) is 1.42. The Kier molecular flexibility index (Phi) is 7.57. The second-order valence-electron chi connectivity index (χ2n) is 3.67. The topological polar surface area (TPSA) is 43.1 Å². The van der Waals surface area contributed by atoms with Crippen LogP contribution in [0.3, 0.4) is 0 Å². The van der Waals surface area contributed by atoms with Crippen LogP contribution in [0, 0.1) is 5.92 Å². The molecule has 0 aliphatic heterocycles. The van der Waals surface area contributed by atoms with Crippen LogP contribution in [0.1, 0.15) is 40.0 Å². The molecule has 0 saturated heterocycles. The van der Waals surface area contributed by atoms with Crippen molar-refractivity contribution in [3.8, 4) is 0 Å². The van der Waals surface area contributed by atoms with Crippen molar-refractivity contribution in [2.45, 2.75) is 45.3 Å². The summed E-state index contributed by atoms with van der Waals surface area (Å²) in [6, 6.07) is 0. The second-order valence-corrected chi connectivity index (χ2v) is 5.43. The van der Waals surface area contributed by atoms with Gasteiger partial charge in [-0.1, -0.05) is 27.2 Å². The van der Waals surface area contributed by atoms with Crippen molar-refractivity contribution < 1.29 is 4.21 Å². The summed E-state index contributed by atoms with van der Waals surface area (Å²) in [7, 11) is -0.668. The van der Waals surface area contributed by atoms with Gasteiger partial charge in [0.1, 0.15) is 0 Å². The zero-order valence-corrected chi connectivity index (χ0v) is 9.90. The Bertz CT molecular complexity index is 150. The highest BCUT2D eigenvalue weighted by molar-refractivity contribution is 7.85. The van der Waals surface area contributed by atoms with Gasteiger partial charge in [-0.25, -0.2) is 0 Å². The van der Waals surface area contributed by atoms with E-state index in [4.69, 9.17) is 5.73 Å². The van der Waals surface area contributed by atoms with Crippen molar-refractivity contribution in [3.63, 3.8) is 0 Å². The van der Waals surface area contributed by atoms with E-state index in [1.807, 2.05) is 0 Å². The largest absolute Gasteiger partial charge is 0.330 e. The predicted octanol–water partition coefficient (Wildman–Crippen LogP) is 1.91. The molecule has 3 unspecified atom stereocenters. The van der Waals surface area contributed by atoms with Crippen molar-refractivity contribution >= 4 is 10.8 Å². The first-order valence-electron chi connectivity index (χ1n) is 5.22. The van der Waals surface area contributed by atoms with Gasteiger partial charge < -0.3 is 5.73 Å². The quantitative estimate of drug-likeness (QED) is 0.690. The van der Waals surface area contributed by atoms with Crippen LogP contribution in [0.25, 0.3) is 0 Å². The van der Waals surface area contributed by atoms with Gasteiger partial charge >= 0.3 is 0 Å². The molecule has 0 aliphatic carbocycles. The summed E-state index contributed by atoms with van der Waals surface area (Å²) < 4.78 is 11.8. The third-order valence-corrected chi connectivity index (χ3v) is 4.67. The van der Waals surface area contributed by atoms with E-state index in [1.54, 1.807) is 0 Å². The number of rotatable bonds is 7. The molecule has 0 saturated carbocycles. The molecule has 0 heterocycles. The molecule has 0 fully saturated rings. The summed E-state index contributed by atoms with van der Waals surface area (Å²) in [6.45, 7) is 7.05. The van der Waals surface area contributed by atoms with E-state index in [1.165, 1.54) is 0 Å². The monoisotopic (exact) mass is 205 g/mol.